The molecule has 98 valence electrons. The summed E-state index contributed by atoms with van der Waals surface area (Å²) in [4.78, 5) is 11.7. The summed E-state index contributed by atoms with van der Waals surface area (Å²) < 4.78 is 5.87. The highest BCUT2D eigenvalue weighted by Gasteiger charge is 2.08. The third-order valence-corrected chi connectivity index (χ3v) is 2.88. The molecule has 0 saturated carbocycles. The molecular weight excluding hydrogens is 308 g/mol. The minimum Gasteiger partial charge on any atom is -0.496 e. The van der Waals surface area contributed by atoms with E-state index < -0.39 is 5.91 Å². The van der Waals surface area contributed by atoms with Gasteiger partial charge in [0.05, 0.1) is 11.6 Å². The molecule has 1 rings (SSSR count). The number of rotatable bonds is 5. The van der Waals surface area contributed by atoms with Gasteiger partial charge in [-0.3, -0.25) is 4.79 Å². The first-order chi connectivity index (χ1) is 9.12. The number of hydrogen-bond acceptors (Lipinski definition) is 3. The van der Waals surface area contributed by atoms with Gasteiger partial charge >= 0.3 is 0 Å². The molecule has 5 heteroatoms. The van der Waals surface area contributed by atoms with Gasteiger partial charge in [0.25, 0.3) is 5.91 Å². The van der Waals surface area contributed by atoms with Crippen molar-refractivity contribution in [2.24, 2.45) is 0 Å². The number of carbonyl (C=O) groups is 1. The van der Waals surface area contributed by atoms with Crippen molar-refractivity contribution in [2.45, 2.75) is 0 Å². The minimum absolute atomic E-state index is 0.0407. The fraction of sp³-hybridized carbons (Fsp3) is 0.143. The van der Waals surface area contributed by atoms with Gasteiger partial charge in [-0.25, -0.2) is 0 Å². The number of amides is 1. The second-order valence-electron chi connectivity index (χ2n) is 3.56. The van der Waals surface area contributed by atoms with Crippen LogP contribution in [0.25, 0.3) is 6.08 Å². The smallest absolute Gasteiger partial charge is 0.262 e. The molecule has 4 nitrogen and oxygen atoms in total. The molecule has 0 aromatic heterocycles. The molecule has 1 N–H and O–H groups in total. The highest BCUT2D eigenvalue weighted by molar-refractivity contribution is 9.10. The predicted octanol–water partition coefficient (Wildman–Crippen LogP) is 2.67. The van der Waals surface area contributed by atoms with Crippen LogP contribution in [0.3, 0.4) is 0 Å². The first-order valence-electron chi connectivity index (χ1n) is 5.46. The summed E-state index contributed by atoms with van der Waals surface area (Å²) >= 11 is 3.35. The summed E-state index contributed by atoms with van der Waals surface area (Å²) in [7, 11) is 1.57. The van der Waals surface area contributed by atoms with E-state index in [0.717, 1.165) is 10.0 Å². The lowest BCUT2D eigenvalue weighted by Gasteiger charge is -2.04. The number of benzene rings is 1. The standard InChI is InChI=1S/C14H13BrN2O2/c1-3-6-17-14(18)11(9-16)7-10-4-5-13(19-2)12(15)8-10/h3-5,7-8H,1,6H2,2H3,(H,17,18)/b11-7+. The van der Waals surface area contributed by atoms with Crippen LogP contribution in [0, 0.1) is 11.3 Å². The zero-order valence-electron chi connectivity index (χ0n) is 10.4. The van der Waals surface area contributed by atoms with E-state index in [2.05, 4.69) is 27.8 Å². The zero-order chi connectivity index (χ0) is 14.3. The van der Waals surface area contributed by atoms with Crippen molar-refractivity contribution in [2.75, 3.05) is 13.7 Å². The lowest BCUT2D eigenvalue weighted by molar-refractivity contribution is -0.116. The summed E-state index contributed by atoms with van der Waals surface area (Å²) in [5.41, 5.74) is 0.775. The average molecular weight is 321 g/mol. The molecule has 0 bridgehead atoms. The number of carbonyl (C=O) groups excluding carboxylic acids is 1. The molecular formula is C14H13BrN2O2. The van der Waals surface area contributed by atoms with Crippen LogP contribution in [0.15, 0.2) is 40.9 Å². The second-order valence-corrected chi connectivity index (χ2v) is 4.42. The highest BCUT2D eigenvalue weighted by atomic mass is 79.9. The van der Waals surface area contributed by atoms with Crippen molar-refractivity contribution < 1.29 is 9.53 Å². The molecule has 0 atom stereocenters. The molecule has 19 heavy (non-hydrogen) atoms. The summed E-state index contributed by atoms with van der Waals surface area (Å²) in [5.74, 6) is 0.265. The Labute approximate surface area is 120 Å². The Hall–Kier alpha value is -2.06. The Balaban J connectivity index is 2.98. The molecule has 1 aromatic rings. The third-order valence-electron chi connectivity index (χ3n) is 2.26. The van der Waals surface area contributed by atoms with Gasteiger partial charge in [-0.2, -0.15) is 5.26 Å². The number of halogens is 1. The Kier molecular flexibility index (Phi) is 5.83. The Morgan fingerprint density at radius 3 is 2.89 bits per heavy atom. The largest absolute Gasteiger partial charge is 0.496 e. The van der Waals surface area contributed by atoms with Gasteiger partial charge in [0.2, 0.25) is 0 Å². The topological polar surface area (TPSA) is 62.1 Å². The number of ether oxygens (including phenoxy) is 1. The number of nitrogens with zero attached hydrogens (tertiary/aromatic N) is 1. The molecule has 0 saturated heterocycles. The van der Waals surface area contributed by atoms with Crippen LogP contribution < -0.4 is 10.1 Å². The second kappa shape index (κ2) is 7.39. The molecule has 0 unspecified atom stereocenters. The Morgan fingerprint density at radius 2 is 2.37 bits per heavy atom. The Morgan fingerprint density at radius 1 is 1.63 bits per heavy atom. The van der Waals surface area contributed by atoms with Gasteiger partial charge in [-0.1, -0.05) is 12.1 Å². The van der Waals surface area contributed by atoms with Crippen LogP contribution in [-0.2, 0) is 4.79 Å². The normalized spacial score (nSPS) is 10.5. The maximum absolute atomic E-state index is 11.7. The van der Waals surface area contributed by atoms with Crippen LogP contribution in [0.4, 0.5) is 0 Å². The minimum atomic E-state index is -0.422. The maximum Gasteiger partial charge on any atom is 0.262 e. The monoisotopic (exact) mass is 320 g/mol. The molecule has 0 fully saturated rings. The molecule has 1 aromatic carbocycles. The van der Waals surface area contributed by atoms with Crippen molar-refractivity contribution in [3.05, 3.63) is 46.5 Å². The fourth-order valence-corrected chi connectivity index (χ4v) is 1.91. The van der Waals surface area contributed by atoms with Crippen LogP contribution in [-0.4, -0.2) is 19.6 Å². The number of nitriles is 1. The van der Waals surface area contributed by atoms with Crippen LogP contribution in [0.1, 0.15) is 5.56 Å². The third kappa shape index (κ3) is 4.27. The van der Waals surface area contributed by atoms with E-state index in [0.29, 0.717) is 12.3 Å². The van der Waals surface area contributed by atoms with E-state index in [-0.39, 0.29) is 5.57 Å². The first-order valence-corrected chi connectivity index (χ1v) is 6.26. The number of nitrogens with one attached hydrogen (secondary N) is 1. The van der Waals surface area contributed by atoms with Gasteiger partial charge in [0.1, 0.15) is 17.4 Å². The van der Waals surface area contributed by atoms with Crippen LogP contribution in [0.5, 0.6) is 5.75 Å². The molecule has 1 amide bonds. The van der Waals surface area contributed by atoms with Crippen LogP contribution >= 0.6 is 15.9 Å². The molecule has 0 spiro atoms. The molecule has 0 heterocycles. The molecule has 0 radical (unpaired) electrons. The zero-order valence-corrected chi connectivity index (χ0v) is 12.0. The quantitative estimate of drug-likeness (QED) is 0.515. The van der Waals surface area contributed by atoms with E-state index in [1.165, 1.54) is 6.08 Å². The summed E-state index contributed by atoms with van der Waals surface area (Å²) in [6.45, 7) is 3.82. The summed E-state index contributed by atoms with van der Waals surface area (Å²) in [6, 6.07) is 7.17. The van der Waals surface area contributed by atoms with Crippen molar-refractivity contribution in [3.8, 4) is 11.8 Å². The SMILES string of the molecule is C=CCNC(=O)/C(C#N)=C/c1ccc(OC)c(Br)c1. The van der Waals surface area contributed by atoms with E-state index in [9.17, 15) is 4.79 Å². The van der Waals surface area contributed by atoms with Gasteiger partial charge in [-0.05, 0) is 39.7 Å². The number of hydrogen-bond donors (Lipinski definition) is 1. The van der Waals surface area contributed by atoms with E-state index in [4.69, 9.17) is 10.00 Å². The summed E-state index contributed by atoms with van der Waals surface area (Å²) in [5, 5.41) is 11.5. The lowest BCUT2D eigenvalue weighted by Crippen LogP contribution is -2.24. The first kappa shape index (κ1) is 15.0. The lowest BCUT2D eigenvalue weighted by atomic mass is 10.1. The number of methoxy groups -OCH3 is 1. The predicted molar refractivity (Wildman–Crippen MR) is 77.5 cm³/mol. The van der Waals surface area contributed by atoms with Gasteiger partial charge in [-0.15, -0.1) is 6.58 Å². The fourth-order valence-electron chi connectivity index (χ4n) is 1.35. The average Bonchev–Trinajstić information content (AvgIpc) is 2.42. The highest BCUT2D eigenvalue weighted by Crippen LogP contribution is 2.26. The van der Waals surface area contributed by atoms with Crippen molar-refractivity contribution in [3.63, 3.8) is 0 Å². The van der Waals surface area contributed by atoms with Crippen molar-refractivity contribution >= 4 is 27.9 Å². The van der Waals surface area contributed by atoms with Gasteiger partial charge in [0.15, 0.2) is 0 Å². The van der Waals surface area contributed by atoms with Gasteiger partial charge < -0.3 is 10.1 Å². The Bertz CT molecular complexity index is 559. The summed E-state index contributed by atoms with van der Waals surface area (Å²) in [6.07, 6.45) is 3.07. The van der Waals surface area contributed by atoms with E-state index in [1.54, 1.807) is 31.4 Å². The van der Waals surface area contributed by atoms with Gasteiger partial charge in [0, 0.05) is 6.54 Å². The molecule has 0 aliphatic rings. The molecule has 0 aliphatic heterocycles. The van der Waals surface area contributed by atoms with Crippen LogP contribution in [0.2, 0.25) is 0 Å². The van der Waals surface area contributed by atoms with Crippen molar-refractivity contribution in [1.29, 1.82) is 5.26 Å². The molecule has 0 aliphatic carbocycles. The maximum atomic E-state index is 11.7. The van der Waals surface area contributed by atoms with E-state index >= 15 is 0 Å². The van der Waals surface area contributed by atoms with E-state index in [1.807, 2.05) is 6.07 Å². The van der Waals surface area contributed by atoms with Crippen molar-refractivity contribution in [1.82, 2.24) is 5.32 Å².